The van der Waals surface area contributed by atoms with Gasteiger partial charge in [-0.3, -0.25) is 4.79 Å². The van der Waals surface area contributed by atoms with Gasteiger partial charge in [0.05, 0.1) is 17.9 Å². The van der Waals surface area contributed by atoms with Gasteiger partial charge in [0, 0.05) is 11.3 Å². The fourth-order valence-electron chi connectivity index (χ4n) is 4.40. The third-order valence-electron chi connectivity index (χ3n) is 6.51. The van der Waals surface area contributed by atoms with E-state index in [0.717, 1.165) is 41.3 Å². The number of halogens is 1. The highest BCUT2D eigenvalue weighted by atomic mass is 32.2. The molecule has 2 aromatic carbocycles. The van der Waals surface area contributed by atoms with Gasteiger partial charge >= 0.3 is 0 Å². The first-order chi connectivity index (χ1) is 15.7. The molecular formula is C28H30FNO2S. The number of carbonyl (C=O) groups is 1. The molecule has 1 atom stereocenters. The second-order valence-corrected chi connectivity index (χ2v) is 10.7. The number of pyridine rings is 1. The fraction of sp³-hybridized carbons (Fsp3) is 0.357. The third-order valence-corrected chi connectivity index (χ3v) is 7.42. The zero-order valence-corrected chi connectivity index (χ0v) is 20.5. The number of ketones is 1. The molecule has 0 saturated carbocycles. The molecule has 0 fully saturated rings. The maximum atomic E-state index is 13.2. The summed E-state index contributed by atoms with van der Waals surface area (Å²) in [7, 11) is 1.67. The Hall–Kier alpha value is -2.66. The Bertz CT molecular complexity index is 1130. The summed E-state index contributed by atoms with van der Waals surface area (Å²) in [5.74, 6) is 1.30. The van der Waals surface area contributed by atoms with Crippen molar-refractivity contribution < 1.29 is 13.9 Å². The first kappa shape index (κ1) is 23.5. The van der Waals surface area contributed by atoms with Crippen molar-refractivity contribution in [2.75, 3.05) is 12.9 Å². The van der Waals surface area contributed by atoms with Crippen LogP contribution in [0.3, 0.4) is 0 Å². The Morgan fingerprint density at radius 3 is 2.45 bits per heavy atom. The number of hydrogen-bond acceptors (Lipinski definition) is 4. The summed E-state index contributed by atoms with van der Waals surface area (Å²) in [6.07, 6.45) is 3.10. The number of aromatic nitrogens is 1. The number of fused-ring (bicyclic) bond motifs is 1. The topological polar surface area (TPSA) is 39.2 Å². The Morgan fingerprint density at radius 1 is 1.12 bits per heavy atom. The average molecular weight is 464 g/mol. The third kappa shape index (κ3) is 5.47. The molecule has 3 nitrogen and oxygen atoms in total. The Balaban J connectivity index is 1.65. The zero-order valence-electron chi connectivity index (χ0n) is 19.7. The number of thioether (sulfide) groups is 1. The molecule has 3 aromatic rings. The highest BCUT2D eigenvalue weighted by Gasteiger charge is 2.31. The molecule has 5 heteroatoms. The molecule has 0 saturated heterocycles. The summed E-state index contributed by atoms with van der Waals surface area (Å²) in [6, 6.07) is 16.0. The van der Waals surface area contributed by atoms with Crippen LogP contribution < -0.4 is 4.74 Å². The van der Waals surface area contributed by atoms with Crippen molar-refractivity contribution in [2.24, 2.45) is 11.3 Å². The van der Waals surface area contributed by atoms with Gasteiger partial charge in [-0.25, -0.2) is 9.37 Å². The van der Waals surface area contributed by atoms with Gasteiger partial charge in [-0.2, -0.15) is 0 Å². The smallest absolute Gasteiger partial charge is 0.173 e. The zero-order chi connectivity index (χ0) is 23.6. The van der Waals surface area contributed by atoms with Crippen molar-refractivity contribution in [1.29, 1.82) is 0 Å². The predicted molar refractivity (Wildman–Crippen MR) is 133 cm³/mol. The highest BCUT2D eigenvalue weighted by Crippen LogP contribution is 2.41. The molecule has 0 radical (unpaired) electrons. The van der Waals surface area contributed by atoms with E-state index in [1.807, 2.05) is 12.1 Å². The molecule has 0 spiro atoms. The van der Waals surface area contributed by atoms with Gasteiger partial charge < -0.3 is 4.74 Å². The quantitative estimate of drug-likeness (QED) is 0.291. The van der Waals surface area contributed by atoms with Crippen LogP contribution in [0.15, 0.2) is 59.6 Å². The lowest BCUT2D eigenvalue weighted by atomic mass is 9.71. The molecule has 1 aliphatic rings. The van der Waals surface area contributed by atoms with Crippen molar-refractivity contribution in [2.45, 2.75) is 45.1 Å². The molecule has 0 bridgehead atoms. The van der Waals surface area contributed by atoms with E-state index >= 15 is 0 Å². The number of methoxy groups -OCH3 is 1. The molecule has 0 amide bonds. The predicted octanol–water partition coefficient (Wildman–Crippen LogP) is 7.02. The Kier molecular flexibility index (Phi) is 6.89. The van der Waals surface area contributed by atoms with E-state index in [1.165, 1.54) is 47.2 Å². The van der Waals surface area contributed by atoms with E-state index in [0.29, 0.717) is 11.5 Å². The van der Waals surface area contributed by atoms with E-state index in [4.69, 9.17) is 9.72 Å². The summed E-state index contributed by atoms with van der Waals surface area (Å²) in [4.78, 5) is 17.6. The second kappa shape index (κ2) is 9.68. The molecule has 1 aromatic heterocycles. The van der Waals surface area contributed by atoms with Crippen molar-refractivity contribution in [1.82, 2.24) is 4.98 Å². The molecule has 0 N–H and O–H groups in total. The van der Waals surface area contributed by atoms with Crippen molar-refractivity contribution in [3.63, 3.8) is 0 Å². The van der Waals surface area contributed by atoms with E-state index in [-0.39, 0.29) is 22.8 Å². The highest BCUT2D eigenvalue weighted by molar-refractivity contribution is 7.99. The molecule has 172 valence electrons. The largest absolute Gasteiger partial charge is 0.497 e. The van der Waals surface area contributed by atoms with Gasteiger partial charge in [-0.05, 0) is 89.8 Å². The van der Waals surface area contributed by atoms with Crippen LogP contribution in [0.2, 0.25) is 0 Å². The average Bonchev–Trinajstić information content (AvgIpc) is 2.81. The van der Waals surface area contributed by atoms with E-state index in [1.54, 1.807) is 7.11 Å². The summed E-state index contributed by atoms with van der Waals surface area (Å²) < 4.78 is 18.5. The molecule has 1 aliphatic carbocycles. The molecule has 1 heterocycles. The number of rotatable bonds is 6. The van der Waals surface area contributed by atoms with Crippen LogP contribution in [0.1, 0.15) is 48.8 Å². The van der Waals surface area contributed by atoms with Crippen molar-refractivity contribution in [3.05, 3.63) is 77.2 Å². The minimum Gasteiger partial charge on any atom is -0.497 e. The fourth-order valence-corrected chi connectivity index (χ4v) is 5.22. The van der Waals surface area contributed by atoms with E-state index in [2.05, 4.69) is 39.0 Å². The van der Waals surface area contributed by atoms with Crippen LogP contribution in [-0.4, -0.2) is 23.6 Å². The normalized spacial score (nSPS) is 15.7. The minimum atomic E-state index is -0.340. The van der Waals surface area contributed by atoms with Crippen molar-refractivity contribution in [3.8, 4) is 16.9 Å². The second-order valence-electron chi connectivity index (χ2n) is 9.69. The van der Waals surface area contributed by atoms with Crippen LogP contribution in [0.4, 0.5) is 4.39 Å². The van der Waals surface area contributed by atoms with Gasteiger partial charge in [0.25, 0.3) is 0 Å². The number of nitrogens with zero attached hydrogens (tertiary/aromatic N) is 1. The Morgan fingerprint density at radius 2 is 1.82 bits per heavy atom. The standard InChI is InChI=1S/C28H30FNO2S/c1-28(2,3)20-9-14-23-24(18-7-12-22(32-4)13-8-18)16-27(30-25(23)15-20)33-17-26(31)19-5-10-21(29)11-6-19/h5-8,10-13,16,20H,9,14-15,17H2,1-4H3/t20-/m0/s1. The number of Topliss-reactive ketones (excluding diaryl/α,β-unsaturated/α-hetero) is 1. The first-order valence-corrected chi connectivity index (χ1v) is 12.3. The molecule has 0 unspecified atom stereocenters. The van der Waals surface area contributed by atoms with E-state index < -0.39 is 0 Å². The van der Waals surface area contributed by atoms with Gasteiger partial charge in [-0.1, -0.05) is 44.7 Å². The SMILES string of the molecule is COc1ccc(-c2cc(SCC(=O)c3ccc(F)cc3)nc3c2CC[C@H](C(C)(C)C)C3)cc1. The van der Waals surface area contributed by atoms with Crippen LogP contribution in [0.25, 0.3) is 11.1 Å². The molecule has 0 aliphatic heterocycles. The lowest BCUT2D eigenvalue weighted by Gasteiger charge is -2.35. The molecule has 4 rings (SSSR count). The number of hydrogen-bond donors (Lipinski definition) is 0. The Labute approximate surface area is 199 Å². The monoisotopic (exact) mass is 463 g/mol. The van der Waals surface area contributed by atoms with Crippen LogP contribution in [-0.2, 0) is 12.8 Å². The van der Waals surface area contributed by atoms with Gasteiger partial charge in [0.1, 0.15) is 11.6 Å². The molecular weight excluding hydrogens is 433 g/mol. The minimum absolute atomic E-state index is 0.0295. The lowest BCUT2D eigenvalue weighted by Crippen LogP contribution is -2.28. The summed E-state index contributed by atoms with van der Waals surface area (Å²) in [5.41, 5.74) is 5.52. The van der Waals surface area contributed by atoms with Gasteiger partial charge in [-0.15, -0.1) is 0 Å². The summed E-state index contributed by atoms with van der Waals surface area (Å²) >= 11 is 1.45. The summed E-state index contributed by atoms with van der Waals surface area (Å²) in [6.45, 7) is 6.90. The first-order valence-electron chi connectivity index (χ1n) is 11.3. The number of ether oxygens (including phenoxy) is 1. The van der Waals surface area contributed by atoms with E-state index in [9.17, 15) is 9.18 Å². The number of carbonyl (C=O) groups excluding carboxylic acids is 1. The molecule has 33 heavy (non-hydrogen) atoms. The maximum Gasteiger partial charge on any atom is 0.173 e. The van der Waals surface area contributed by atoms with Crippen LogP contribution in [0.5, 0.6) is 5.75 Å². The number of benzene rings is 2. The van der Waals surface area contributed by atoms with Gasteiger partial charge in [0.2, 0.25) is 0 Å². The van der Waals surface area contributed by atoms with Gasteiger partial charge in [0.15, 0.2) is 5.78 Å². The van der Waals surface area contributed by atoms with Crippen LogP contribution in [0, 0.1) is 17.2 Å². The summed E-state index contributed by atoms with van der Waals surface area (Å²) in [5, 5.41) is 0.851. The van der Waals surface area contributed by atoms with Crippen molar-refractivity contribution >= 4 is 17.5 Å². The van der Waals surface area contributed by atoms with Crippen LogP contribution >= 0.6 is 11.8 Å². The maximum absolute atomic E-state index is 13.2. The lowest BCUT2D eigenvalue weighted by molar-refractivity contribution is 0.102.